The van der Waals surface area contributed by atoms with Crippen molar-refractivity contribution in [1.82, 2.24) is 14.5 Å². The van der Waals surface area contributed by atoms with Crippen LogP contribution in [0.25, 0.3) is 0 Å². The van der Waals surface area contributed by atoms with Gasteiger partial charge < -0.3 is 10.1 Å². The Morgan fingerprint density at radius 1 is 1.45 bits per heavy atom. The number of anilines is 1. The molecule has 0 spiro atoms. The average molecular weight is 320 g/mol. The highest BCUT2D eigenvalue weighted by Crippen LogP contribution is 2.30. The van der Waals surface area contributed by atoms with Gasteiger partial charge in [-0.3, -0.25) is 4.79 Å². The summed E-state index contributed by atoms with van der Waals surface area (Å²) in [5.41, 5.74) is -0.642. The molecular formula is C10H16N4O4S2. The first-order chi connectivity index (χ1) is 9.23. The standard InChI is InChI=1S/C10H16N4O4S2/c1-7(15)11-8-12-13-9(19-8)20(16,17)14-4-5-18-6-10(14,2)3/h4-6H2,1-3H3,(H,11,12,15). The molecule has 112 valence electrons. The van der Waals surface area contributed by atoms with Gasteiger partial charge in [-0.1, -0.05) is 11.3 Å². The molecule has 0 unspecified atom stereocenters. The van der Waals surface area contributed by atoms with Gasteiger partial charge in [0.1, 0.15) is 0 Å². The molecule has 0 saturated carbocycles. The van der Waals surface area contributed by atoms with E-state index in [1.54, 1.807) is 13.8 Å². The lowest BCUT2D eigenvalue weighted by molar-refractivity contribution is -0.114. The van der Waals surface area contributed by atoms with Crippen molar-refractivity contribution in [1.29, 1.82) is 0 Å². The first-order valence-corrected chi connectivity index (χ1v) is 8.21. The van der Waals surface area contributed by atoms with Crippen LogP contribution in [-0.2, 0) is 19.6 Å². The zero-order valence-electron chi connectivity index (χ0n) is 11.4. The summed E-state index contributed by atoms with van der Waals surface area (Å²) in [6.07, 6.45) is 0. The van der Waals surface area contributed by atoms with Crippen LogP contribution in [0, 0.1) is 0 Å². The number of morpholine rings is 1. The predicted molar refractivity (Wildman–Crippen MR) is 73.0 cm³/mol. The molecule has 0 aliphatic carbocycles. The van der Waals surface area contributed by atoms with Gasteiger partial charge in [-0.2, -0.15) is 4.31 Å². The largest absolute Gasteiger partial charge is 0.378 e. The van der Waals surface area contributed by atoms with Gasteiger partial charge in [-0.25, -0.2) is 8.42 Å². The fraction of sp³-hybridized carbons (Fsp3) is 0.700. The number of sulfonamides is 1. The highest BCUT2D eigenvalue weighted by Gasteiger charge is 2.41. The van der Waals surface area contributed by atoms with Gasteiger partial charge in [0, 0.05) is 13.5 Å². The fourth-order valence-electron chi connectivity index (χ4n) is 1.90. The second-order valence-corrected chi connectivity index (χ2v) is 8.01. The Hall–Kier alpha value is -1.10. The molecule has 0 atom stereocenters. The molecule has 1 amide bonds. The van der Waals surface area contributed by atoms with Crippen LogP contribution in [0.1, 0.15) is 20.8 Å². The lowest BCUT2D eigenvalue weighted by atomic mass is 10.1. The summed E-state index contributed by atoms with van der Waals surface area (Å²) in [5, 5.41) is 9.92. The maximum Gasteiger partial charge on any atom is 0.273 e. The number of amides is 1. The molecule has 10 heteroatoms. The Kier molecular flexibility index (Phi) is 4.09. The van der Waals surface area contributed by atoms with Crippen LogP contribution >= 0.6 is 11.3 Å². The maximum atomic E-state index is 12.6. The molecule has 1 aromatic heterocycles. The molecule has 1 aromatic rings. The van der Waals surface area contributed by atoms with Crippen LogP contribution in [0.15, 0.2) is 4.34 Å². The third-order valence-electron chi connectivity index (χ3n) is 2.77. The summed E-state index contributed by atoms with van der Waals surface area (Å²) < 4.78 is 31.7. The Morgan fingerprint density at radius 2 is 2.15 bits per heavy atom. The van der Waals surface area contributed by atoms with Gasteiger partial charge in [0.05, 0.1) is 18.8 Å². The van der Waals surface area contributed by atoms with Crippen molar-refractivity contribution < 1.29 is 17.9 Å². The number of aromatic nitrogens is 2. The van der Waals surface area contributed by atoms with Crippen molar-refractivity contribution in [2.24, 2.45) is 0 Å². The molecule has 0 aromatic carbocycles. The monoisotopic (exact) mass is 320 g/mol. The van der Waals surface area contributed by atoms with Crippen molar-refractivity contribution in [3.63, 3.8) is 0 Å². The zero-order chi connectivity index (χ0) is 15.0. The zero-order valence-corrected chi connectivity index (χ0v) is 13.0. The van der Waals surface area contributed by atoms with Crippen molar-refractivity contribution >= 4 is 32.4 Å². The molecule has 2 rings (SSSR count). The van der Waals surface area contributed by atoms with E-state index < -0.39 is 15.6 Å². The summed E-state index contributed by atoms with van der Waals surface area (Å²) in [6.45, 7) is 5.84. The Morgan fingerprint density at radius 3 is 2.75 bits per heavy atom. The van der Waals surface area contributed by atoms with Crippen LogP contribution in [0.5, 0.6) is 0 Å². The first-order valence-electron chi connectivity index (χ1n) is 5.95. The Bertz CT molecular complexity index is 611. The predicted octanol–water partition coefficient (Wildman–Crippen LogP) is 0.296. The SMILES string of the molecule is CC(=O)Nc1nnc(S(=O)(=O)N2CCOCC2(C)C)s1. The highest BCUT2D eigenvalue weighted by atomic mass is 32.2. The summed E-state index contributed by atoms with van der Waals surface area (Å²) in [5.74, 6) is -0.322. The van der Waals surface area contributed by atoms with E-state index in [4.69, 9.17) is 4.74 Å². The highest BCUT2D eigenvalue weighted by molar-refractivity contribution is 7.91. The molecule has 8 nitrogen and oxygen atoms in total. The van der Waals surface area contributed by atoms with E-state index in [9.17, 15) is 13.2 Å². The third kappa shape index (κ3) is 2.97. The number of carbonyl (C=O) groups is 1. The van der Waals surface area contributed by atoms with Crippen LogP contribution < -0.4 is 5.32 Å². The van der Waals surface area contributed by atoms with E-state index in [1.165, 1.54) is 11.2 Å². The number of hydrogen-bond donors (Lipinski definition) is 1. The molecule has 0 radical (unpaired) electrons. The lowest BCUT2D eigenvalue weighted by Crippen LogP contribution is -2.55. The number of ether oxygens (including phenoxy) is 1. The summed E-state index contributed by atoms with van der Waals surface area (Å²) in [7, 11) is -3.74. The molecular weight excluding hydrogens is 304 g/mol. The summed E-state index contributed by atoms with van der Waals surface area (Å²) >= 11 is 0.838. The molecule has 1 fully saturated rings. The normalized spacial score (nSPS) is 19.8. The van der Waals surface area contributed by atoms with Crippen molar-refractivity contribution in [3.05, 3.63) is 0 Å². The Labute approximate surface area is 121 Å². The smallest absolute Gasteiger partial charge is 0.273 e. The first kappa shape index (κ1) is 15.3. The summed E-state index contributed by atoms with van der Waals surface area (Å²) in [6, 6.07) is 0. The van der Waals surface area contributed by atoms with Crippen molar-refractivity contribution in [2.45, 2.75) is 30.6 Å². The van der Waals surface area contributed by atoms with Crippen LogP contribution in [0.3, 0.4) is 0 Å². The minimum absolute atomic E-state index is 0.128. The quantitative estimate of drug-likeness (QED) is 0.804. The van der Waals surface area contributed by atoms with Crippen molar-refractivity contribution in [3.8, 4) is 0 Å². The van der Waals surface area contributed by atoms with Gasteiger partial charge in [0.2, 0.25) is 15.4 Å². The van der Waals surface area contributed by atoms with Gasteiger partial charge in [0.15, 0.2) is 0 Å². The van der Waals surface area contributed by atoms with Gasteiger partial charge in [-0.15, -0.1) is 10.2 Å². The number of nitrogens with zero attached hydrogens (tertiary/aromatic N) is 3. The fourth-order valence-corrected chi connectivity index (χ4v) is 4.70. The van der Waals surface area contributed by atoms with Gasteiger partial charge >= 0.3 is 0 Å². The van der Waals surface area contributed by atoms with Gasteiger partial charge in [-0.05, 0) is 13.8 Å². The number of hydrogen-bond acceptors (Lipinski definition) is 7. The second kappa shape index (κ2) is 5.35. The molecule has 20 heavy (non-hydrogen) atoms. The number of carbonyl (C=O) groups excluding carboxylic acids is 1. The van der Waals surface area contributed by atoms with Crippen LogP contribution in [-0.4, -0.2) is 54.1 Å². The maximum absolute atomic E-state index is 12.6. The number of rotatable bonds is 3. The lowest BCUT2D eigenvalue weighted by Gasteiger charge is -2.39. The molecule has 0 bridgehead atoms. The molecule has 1 N–H and O–H groups in total. The van der Waals surface area contributed by atoms with E-state index in [2.05, 4.69) is 15.5 Å². The van der Waals surface area contributed by atoms with E-state index in [1.807, 2.05) is 0 Å². The number of nitrogens with one attached hydrogen (secondary N) is 1. The molecule has 1 saturated heterocycles. The third-order valence-corrected chi connectivity index (χ3v) is 6.06. The molecule has 1 aliphatic heterocycles. The Balaban J connectivity index is 2.30. The van der Waals surface area contributed by atoms with E-state index >= 15 is 0 Å². The summed E-state index contributed by atoms with van der Waals surface area (Å²) in [4.78, 5) is 10.9. The van der Waals surface area contributed by atoms with E-state index in [0.717, 1.165) is 11.3 Å². The van der Waals surface area contributed by atoms with Crippen molar-refractivity contribution in [2.75, 3.05) is 25.1 Å². The van der Waals surface area contributed by atoms with Crippen LogP contribution in [0.2, 0.25) is 0 Å². The minimum Gasteiger partial charge on any atom is -0.378 e. The second-order valence-electron chi connectivity index (χ2n) is 5.00. The van der Waals surface area contributed by atoms with Crippen LogP contribution in [0.4, 0.5) is 5.13 Å². The molecule has 1 aliphatic rings. The minimum atomic E-state index is -3.74. The topological polar surface area (TPSA) is 101 Å². The van der Waals surface area contributed by atoms with E-state index in [-0.39, 0.29) is 21.9 Å². The van der Waals surface area contributed by atoms with E-state index in [0.29, 0.717) is 13.2 Å². The van der Waals surface area contributed by atoms with Gasteiger partial charge in [0.25, 0.3) is 10.0 Å². The average Bonchev–Trinajstić information content (AvgIpc) is 2.76. The molecule has 2 heterocycles.